The summed E-state index contributed by atoms with van der Waals surface area (Å²) >= 11 is 0. The van der Waals surface area contributed by atoms with E-state index in [2.05, 4.69) is 56.9 Å². The van der Waals surface area contributed by atoms with Crippen molar-refractivity contribution in [3.05, 3.63) is 29.8 Å². The standard InChI is InChI=1S/C16H26N2/c1-12(17)14-7-5-6-8-15(14)18-10-9-13(11-18)16(2,3)4/h5-8,12-13H,9-11,17H2,1-4H3. The number of rotatable bonds is 2. The molecule has 0 amide bonds. The summed E-state index contributed by atoms with van der Waals surface area (Å²) in [7, 11) is 0. The fourth-order valence-corrected chi connectivity index (χ4v) is 2.85. The molecule has 0 spiro atoms. The van der Waals surface area contributed by atoms with E-state index in [9.17, 15) is 0 Å². The Morgan fingerprint density at radius 2 is 1.94 bits per heavy atom. The number of nitrogens with zero attached hydrogens (tertiary/aromatic N) is 1. The predicted octanol–water partition coefficient (Wildman–Crippen LogP) is 3.58. The van der Waals surface area contributed by atoms with Gasteiger partial charge in [0, 0.05) is 24.8 Å². The largest absolute Gasteiger partial charge is 0.371 e. The van der Waals surface area contributed by atoms with Crippen LogP contribution >= 0.6 is 0 Å². The van der Waals surface area contributed by atoms with Gasteiger partial charge in [-0.1, -0.05) is 39.0 Å². The molecule has 2 nitrogen and oxygen atoms in total. The lowest BCUT2D eigenvalue weighted by Crippen LogP contribution is -2.27. The molecule has 1 saturated heterocycles. The zero-order valence-corrected chi connectivity index (χ0v) is 12.1. The molecule has 0 aliphatic carbocycles. The average molecular weight is 246 g/mol. The first-order chi connectivity index (χ1) is 8.39. The summed E-state index contributed by atoms with van der Waals surface area (Å²) in [6, 6.07) is 8.68. The Hall–Kier alpha value is -1.02. The molecule has 2 rings (SSSR count). The number of para-hydroxylation sites is 1. The van der Waals surface area contributed by atoms with Crippen LogP contribution in [0.15, 0.2) is 24.3 Å². The summed E-state index contributed by atoms with van der Waals surface area (Å²) in [5, 5.41) is 0. The van der Waals surface area contributed by atoms with E-state index >= 15 is 0 Å². The summed E-state index contributed by atoms with van der Waals surface area (Å²) in [6.45, 7) is 11.4. The molecular formula is C16H26N2. The van der Waals surface area contributed by atoms with Crippen molar-refractivity contribution in [2.24, 2.45) is 17.1 Å². The molecule has 1 heterocycles. The summed E-state index contributed by atoms with van der Waals surface area (Å²) in [4.78, 5) is 2.51. The third kappa shape index (κ3) is 2.69. The van der Waals surface area contributed by atoms with Crippen molar-refractivity contribution < 1.29 is 0 Å². The van der Waals surface area contributed by atoms with Gasteiger partial charge in [0.25, 0.3) is 0 Å². The Morgan fingerprint density at radius 1 is 1.28 bits per heavy atom. The van der Waals surface area contributed by atoms with Crippen molar-refractivity contribution in [3.63, 3.8) is 0 Å². The van der Waals surface area contributed by atoms with Crippen LogP contribution in [0.3, 0.4) is 0 Å². The van der Waals surface area contributed by atoms with Gasteiger partial charge >= 0.3 is 0 Å². The quantitative estimate of drug-likeness (QED) is 0.864. The number of nitrogens with two attached hydrogens (primary N) is 1. The van der Waals surface area contributed by atoms with Crippen molar-refractivity contribution in [1.29, 1.82) is 0 Å². The van der Waals surface area contributed by atoms with E-state index in [1.54, 1.807) is 0 Å². The lowest BCUT2D eigenvalue weighted by Gasteiger charge is -2.28. The van der Waals surface area contributed by atoms with Crippen LogP contribution in [-0.2, 0) is 0 Å². The molecule has 2 unspecified atom stereocenters. The lowest BCUT2D eigenvalue weighted by molar-refractivity contribution is 0.263. The third-order valence-corrected chi connectivity index (χ3v) is 4.18. The Balaban J connectivity index is 2.19. The summed E-state index contributed by atoms with van der Waals surface area (Å²) in [6.07, 6.45) is 1.29. The summed E-state index contributed by atoms with van der Waals surface area (Å²) in [5.74, 6) is 0.777. The van der Waals surface area contributed by atoms with E-state index in [1.807, 2.05) is 0 Å². The molecule has 1 fully saturated rings. The second kappa shape index (κ2) is 4.93. The molecule has 2 heteroatoms. The van der Waals surface area contributed by atoms with Gasteiger partial charge in [-0.05, 0) is 36.3 Å². The predicted molar refractivity (Wildman–Crippen MR) is 78.8 cm³/mol. The zero-order chi connectivity index (χ0) is 13.3. The fraction of sp³-hybridized carbons (Fsp3) is 0.625. The van der Waals surface area contributed by atoms with Gasteiger partial charge in [0.2, 0.25) is 0 Å². The summed E-state index contributed by atoms with van der Waals surface area (Å²) < 4.78 is 0. The van der Waals surface area contributed by atoms with E-state index in [1.165, 1.54) is 17.7 Å². The highest BCUT2D eigenvalue weighted by atomic mass is 15.2. The molecule has 0 saturated carbocycles. The van der Waals surface area contributed by atoms with Crippen LogP contribution in [0.5, 0.6) is 0 Å². The van der Waals surface area contributed by atoms with Crippen LogP contribution in [0.1, 0.15) is 45.7 Å². The van der Waals surface area contributed by atoms with E-state index < -0.39 is 0 Å². The van der Waals surface area contributed by atoms with Crippen molar-refractivity contribution in [1.82, 2.24) is 0 Å². The molecular weight excluding hydrogens is 220 g/mol. The molecule has 0 radical (unpaired) electrons. The number of benzene rings is 1. The molecule has 0 bridgehead atoms. The number of hydrogen-bond acceptors (Lipinski definition) is 2. The zero-order valence-electron chi connectivity index (χ0n) is 12.1. The molecule has 1 aliphatic heterocycles. The van der Waals surface area contributed by atoms with Crippen LogP contribution in [0.25, 0.3) is 0 Å². The maximum Gasteiger partial charge on any atom is 0.0414 e. The van der Waals surface area contributed by atoms with Crippen molar-refractivity contribution in [2.75, 3.05) is 18.0 Å². The average Bonchev–Trinajstić information content (AvgIpc) is 2.77. The van der Waals surface area contributed by atoms with Crippen LogP contribution in [-0.4, -0.2) is 13.1 Å². The Labute approximate surface area is 111 Å². The minimum Gasteiger partial charge on any atom is -0.371 e. The van der Waals surface area contributed by atoms with Crippen LogP contribution in [0.2, 0.25) is 0 Å². The van der Waals surface area contributed by atoms with Gasteiger partial charge < -0.3 is 10.6 Å². The molecule has 1 aromatic rings. The molecule has 100 valence electrons. The van der Waals surface area contributed by atoms with E-state index in [-0.39, 0.29) is 6.04 Å². The lowest BCUT2D eigenvalue weighted by atomic mass is 9.80. The number of hydrogen-bond donors (Lipinski definition) is 1. The molecule has 0 aromatic heterocycles. The molecule has 2 atom stereocenters. The van der Waals surface area contributed by atoms with Gasteiger partial charge in [-0.3, -0.25) is 0 Å². The third-order valence-electron chi connectivity index (χ3n) is 4.18. The van der Waals surface area contributed by atoms with Gasteiger partial charge in [-0.25, -0.2) is 0 Å². The maximum absolute atomic E-state index is 6.08. The van der Waals surface area contributed by atoms with E-state index in [4.69, 9.17) is 5.73 Å². The number of anilines is 1. The highest BCUT2D eigenvalue weighted by molar-refractivity contribution is 5.55. The van der Waals surface area contributed by atoms with Gasteiger partial charge in [-0.2, -0.15) is 0 Å². The first-order valence-electron chi connectivity index (χ1n) is 6.99. The molecule has 18 heavy (non-hydrogen) atoms. The molecule has 2 N–H and O–H groups in total. The normalized spacial score (nSPS) is 22.3. The first-order valence-corrected chi connectivity index (χ1v) is 6.99. The van der Waals surface area contributed by atoms with Gasteiger partial charge in [0.05, 0.1) is 0 Å². The molecule has 1 aromatic carbocycles. The van der Waals surface area contributed by atoms with Crippen LogP contribution < -0.4 is 10.6 Å². The van der Waals surface area contributed by atoms with Gasteiger partial charge in [0.1, 0.15) is 0 Å². The van der Waals surface area contributed by atoms with Crippen LogP contribution in [0.4, 0.5) is 5.69 Å². The fourth-order valence-electron chi connectivity index (χ4n) is 2.85. The maximum atomic E-state index is 6.08. The van der Waals surface area contributed by atoms with E-state index in [0.29, 0.717) is 5.41 Å². The minimum absolute atomic E-state index is 0.106. The summed E-state index contributed by atoms with van der Waals surface area (Å²) in [5.41, 5.74) is 9.08. The molecule has 1 aliphatic rings. The first kappa shape index (κ1) is 13.4. The smallest absolute Gasteiger partial charge is 0.0414 e. The van der Waals surface area contributed by atoms with Gasteiger partial charge in [-0.15, -0.1) is 0 Å². The Morgan fingerprint density at radius 3 is 2.50 bits per heavy atom. The van der Waals surface area contributed by atoms with Crippen molar-refractivity contribution in [2.45, 2.75) is 40.2 Å². The van der Waals surface area contributed by atoms with Crippen molar-refractivity contribution >= 4 is 5.69 Å². The Kier molecular flexibility index (Phi) is 3.67. The highest BCUT2D eigenvalue weighted by Crippen LogP contribution is 2.37. The van der Waals surface area contributed by atoms with E-state index in [0.717, 1.165) is 19.0 Å². The second-order valence-electron chi connectivity index (χ2n) is 6.65. The van der Waals surface area contributed by atoms with Gasteiger partial charge in [0.15, 0.2) is 0 Å². The second-order valence-corrected chi connectivity index (χ2v) is 6.65. The monoisotopic (exact) mass is 246 g/mol. The topological polar surface area (TPSA) is 29.3 Å². The SMILES string of the molecule is CC(N)c1ccccc1N1CCC(C(C)(C)C)C1. The highest BCUT2D eigenvalue weighted by Gasteiger charge is 2.32. The Bertz CT molecular complexity index is 404. The van der Waals surface area contributed by atoms with Crippen LogP contribution in [0, 0.1) is 11.3 Å². The van der Waals surface area contributed by atoms with Crippen molar-refractivity contribution in [3.8, 4) is 0 Å². The minimum atomic E-state index is 0.106.